The van der Waals surface area contributed by atoms with Gasteiger partial charge in [-0.25, -0.2) is 4.98 Å². The number of hydrogen-bond acceptors (Lipinski definition) is 6. The van der Waals surface area contributed by atoms with E-state index >= 15 is 0 Å². The Morgan fingerprint density at radius 1 is 1.08 bits per heavy atom. The maximum atomic E-state index is 14.0. The summed E-state index contributed by atoms with van der Waals surface area (Å²) < 4.78 is 11.1. The standard InChI is InChI=1S/C32H40N4O3/c1-22-34-31(39-35-22)32-15-11-23(12-16-32)27(21-32)14-18-36(30(37)24-7-4-3-5-8-24)28-10-6-9-25(19-28)26-13-17-33-29(20-26)38-2/h6,9-10,13,17,19-20,23-24,27H,3-5,7-8,11-12,14-16,18,21H2,1-2H3. The van der Waals surface area contributed by atoms with E-state index in [4.69, 9.17) is 9.26 Å². The molecule has 7 rings (SSSR count). The SMILES string of the molecule is COc1cc(-c2cccc(N(CCC3CC4(c5nc(C)no5)CCC3CC4)C(=O)C3CCCCC3)c2)ccn1. The fourth-order valence-electron chi connectivity index (χ4n) is 7.47. The first-order valence-corrected chi connectivity index (χ1v) is 14.8. The number of fused-ring (bicyclic) bond motifs is 3. The van der Waals surface area contributed by atoms with E-state index in [9.17, 15) is 4.79 Å². The highest BCUT2D eigenvalue weighted by molar-refractivity contribution is 5.95. The van der Waals surface area contributed by atoms with E-state index in [0.29, 0.717) is 17.7 Å². The Morgan fingerprint density at radius 3 is 2.62 bits per heavy atom. The van der Waals surface area contributed by atoms with Crippen LogP contribution in [0.15, 0.2) is 47.1 Å². The maximum absolute atomic E-state index is 14.0. The largest absolute Gasteiger partial charge is 0.481 e. The van der Waals surface area contributed by atoms with E-state index in [1.807, 2.05) is 19.1 Å². The Balaban J connectivity index is 1.25. The van der Waals surface area contributed by atoms with Crippen molar-refractivity contribution in [3.05, 3.63) is 54.3 Å². The van der Waals surface area contributed by atoms with Crippen molar-refractivity contribution in [2.45, 2.75) is 83.0 Å². The number of carbonyl (C=O) groups excluding carboxylic acids is 1. The predicted octanol–water partition coefficient (Wildman–Crippen LogP) is 6.90. The van der Waals surface area contributed by atoms with Crippen molar-refractivity contribution < 1.29 is 14.1 Å². The molecule has 4 saturated carbocycles. The van der Waals surface area contributed by atoms with Gasteiger partial charge in [-0.2, -0.15) is 4.98 Å². The highest BCUT2D eigenvalue weighted by Crippen LogP contribution is 2.54. The summed E-state index contributed by atoms with van der Waals surface area (Å²) in [7, 11) is 1.63. The van der Waals surface area contributed by atoms with Crippen molar-refractivity contribution in [1.29, 1.82) is 0 Å². The lowest BCUT2D eigenvalue weighted by Crippen LogP contribution is -2.45. The van der Waals surface area contributed by atoms with E-state index in [1.165, 1.54) is 19.3 Å². The minimum Gasteiger partial charge on any atom is -0.481 e. The molecule has 2 aromatic heterocycles. The average Bonchev–Trinajstić information content (AvgIpc) is 3.45. The lowest BCUT2D eigenvalue weighted by atomic mass is 9.55. The number of anilines is 1. The Labute approximate surface area is 231 Å². The number of hydrogen-bond donors (Lipinski definition) is 0. The number of methoxy groups -OCH3 is 1. The van der Waals surface area contributed by atoms with Crippen LogP contribution in [0.25, 0.3) is 11.1 Å². The molecule has 206 valence electrons. The Kier molecular flexibility index (Phi) is 7.41. The van der Waals surface area contributed by atoms with Crippen LogP contribution >= 0.6 is 0 Å². The number of pyridine rings is 1. The zero-order valence-electron chi connectivity index (χ0n) is 23.3. The van der Waals surface area contributed by atoms with Crippen LogP contribution in [0.5, 0.6) is 5.88 Å². The second-order valence-corrected chi connectivity index (χ2v) is 12.0. The van der Waals surface area contributed by atoms with Crippen molar-refractivity contribution in [2.75, 3.05) is 18.6 Å². The molecule has 1 aromatic carbocycles. The van der Waals surface area contributed by atoms with Crippen molar-refractivity contribution in [3.63, 3.8) is 0 Å². The summed E-state index contributed by atoms with van der Waals surface area (Å²) in [4.78, 5) is 25.1. The van der Waals surface area contributed by atoms with Gasteiger partial charge in [-0.3, -0.25) is 4.79 Å². The number of benzene rings is 1. The van der Waals surface area contributed by atoms with Crippen molar-refractivity contribution >= 4 is 11.6 Å². The number of amides is 1. The van der Waals surface area contributed by atoms with Gasteiger partial charge in [-0.1, -0.05) is 36.6 Å². The van der Waals surface area contributed by atoms with Gasteiger partial charge in [0.25, 0.3) is 0 Å². The van der Waals surface area contributed by atoms with E-state index in [2.05, 4.69) is 44.3 Å². The fraction of sp³-hybridized carbons (Fsp3) is 0.562. The summed E-state index contributed by atoms with van der Waals surface area (Å²) in [5, 5.41) is 4.11. The third-order valence-electron chi connectivity index (χ3n) is 9.67. The zero-order valence-corrected chi connectivity index (χ0v) is 23.3. The Hall–Kier alpha value is -3.22. The quantitative estimate of drug-likeness (QED) is 0.316. The van der Waals surface area contributed by atoms with E-state index in [0.717, 1.165) is 92.4 Å². The van der Waals surface area contributed by atoms with Gasteiger partial charge in [0.2, 0.25) is 17.7 Å². The Morgan fingerprint density at radius 2 is 1.87 bits per heavy atom. The molecule has 0 aliphatic heterocycles. The first kappa shape index (κ1) is 26.0. The molecule has 1 atom stereocenters. The summed E-state index contributed by atoms with van der Waals surface area (Å²) in [6.07, 6.45) is 14.1. The molecule has 7 heteroatoms. The van der Waals surface area contributed by atoms with Crippen LogP contribution in [-0.2, 0) is 10.2 Å². The number of carbonyl (C=O) groups is 1. The lowest BCUT2D eigenvalue weighted by Gasteiger charge is -2.49. The lowest BCUT2D eigenvalue weighted by molar-refractivity contribution is -0.123. The van der Waals surface area contributed by atoms with E-state index < -0.39 is 0 Å². The van der Waals surface area contributed by atoms with Crippen LogP contribution in [0.1, 0.15) is 82.3 Å². The van der Waals surface area contributed by atoms with Crippen LogP contribution in [0, 0.1) is 24.7 Å². The van der Waals surface area contributed by atoms with Crippen LogP contribution in [-0.4, -0.2) is 34.7 Å². The van der Waals surface area contributed by atoms with Gasteiger partial charge in [0.05, 0.1) is 7.11 Å². The third-order valence-corrected chi connectivity index (χ3v) is 9.67. The first-order chi connectivity index (χ1) is 19.0. The number of rotatable bonds is 8. The van der Waals surface area contributed by atoms with Gasteiger partial charge in [0, 0.05) is 35.8 Å². The molecule has 0 N–H and O–H groups in total. The predicted molar refractivity (Wildman–Crippen MR) is 151 cm³/mol. The maximum Gasteiger partial charge on any atom is 0.232 e. The first-order valence-electron chi connectivity index (χ1n) is 14.8. The summed E-state index contributed by atoms with van der Waals surface area (Å²) in [5.74, 6) is 3.84. The summed E-state index contributed by atoms with van der Waals surface area (Å²) >= 11 is 0. The molecule has 1 unspecified atom stereocenters. The molecule has 0 spiro atoms. The molecule has 2 bridgehead atoms. The van der Waals surface area contributed by atoms with Crippen LogP contribution in [0.3, 0.4) is 0 Å². The van der Waals surface area contributed by atoms with E-state index in [-0.39, 0.29) is 11.3 Å². The number of nitrogens with zero attached hydrogens (tertiary/aromatic N) is 4. The monoisotopic (exact) mass is 528 g/mol. The van der Waals surface area contributed by atoms with Crippen molar-refractivity contribution in [1.82, 2.24) is 15.1 Å². The molecule has 1 amide bonds. The molecule has 4 fully saturated rings. The number of aromatic nitrogens is 3. The second kappa shape index (κ2) is 11.1. The zero-order chi connectivity index (χ0) is 26.8. The normalized spacial score (nSPS) is 25.0. The molecular formula is C32H40N4O3. The van der Waals surface area contributed by atoms with Gasteiger partial charge in [0.15, 0.2) is 5.82 Å². The van der Waals surface area contributed by atoms with Crippen LogP contribution < -0.4 is 9.64 Å². The van der Waals surface area contributed by atoms with Gasteiger partial charge >= 0.3 is 0 Å². The van der Waals surface area contributed by atoms with Gasteiger partial charge < -0.3 is 14.2 Å². The summed E-state index contributed by atoms with van der Waals surface area (Å²) in [6, 6.07) is 12.4. The molecule has 0 saturated heterocycles. The molecule has 4 aliphatic rings. The van der Waals surface area contributed by atoms with Crippen molar-refractivity contribution in [3.8, 4) is 17.0 Å². The smallest absolute Gasteiger partial charge is 0.232 e. The minimum atomic E-state index is 0.0131. The van der Waals surface area contributed by atoms with Gasteiger partial charge in [-0.05, 0) is 99.5 Å². The highest BCUT2D eigenvalue weighted by atomic mass is 16.5. The topological polar surface area (TPSA) is 81.4 Å². The minimum absolute atomic E-state index is 0.0131. The third kappa shape index (κ3) is 5.32. The number of aryl methyl sites for hydroxylation is 1. The molecule has 7 nitrogen and oxygen atoms in total. The van der Waals surface area contributed by atoms with Crippen LogP contribution in [0.2, 0.25) is 0 Å². The molecule has 39 heavy (non-hydrogen) atoms. The second-order valence-electron chi connectivity index (χ2n) is 12.0. The average molecular weight is 529 g/mol. The van der Waals surface area contributed by atoms with Crippen molar-refractivity contribution in [2.24, 2.45) is 17.8 Å². The molecule has 4 aliphatic carbocycles. The summed E-state index contributed by atoms with van der Waals surface area (Å²) in [6.45, 7) is 2.65. The molecular weight excluding hydrogens is 488 g/mol. The fourth-order valence-corrected chi connectivity index (χ4v) is 7.47. The van der Waals surface area contributed by atoms with Gasteiger partial charge in [0.1, 0.15) is 0 Å². The molecule has 0 radical (unpaired) electrons. The highest BCUT2D eigenvalue weighted by Gasteiger charge is 2.49. The number of ether oxygens (including phenoxy) is 1. The summed E-state index contributed by atoms with van der Waals surface area (Å²) in [5.41, 5.74) is 3.11. The van der Waals surface area contributed by atoms with E-state index in [1.54, 1.807) is 13.3 Å². The molecule has 3 aromatic rings. The molecule has 2 heterocycles. The Bertz CT molecular complexity index is 1290. The van der Waals surface area contributed by atoms with Gasteiger partial charge in [-0.15, -0.1) is 0 Å². The van der Waals surface area contributed by atoms with Crippen LogP contribution in [0.4, 0.5) is 5.69 Å².